The van der Waals surface area contributed by atoms with Crippen molar-refractivity contribution in [1.29, 1.82) is 0 Å². The number of halogens is 1. The number of methoxy groups -OCH3 is 1. The molecule has 0 saturated heterocycles. The number of carbonyl (C=O) groups excluding carboxylic acids is 1. The second-order valence-corrected chi connectivity index (χ2v) is 4.25. The molecule has 0 heterocycles. The number of benzene rings is 2. The number of carbonyl (C=O) groups is 1. The van der Waals surface area contributed by atoms with Crippen LogP contribution in [0.5, 0.6) is 11.5 Å². The number of ether oxygens (including phenoxy) is 2. The van der Waals surface area contributed by atoms with E-state index in [1.165, 1.54) is 31.4 Å². The number of esters is 1. The van der Waals surface area contributed by atoms with Crippen LogP contribution in [0.25, 0.3) is 0 Å². The molecule has 104 valence electrons. The molecule has 0 aliphatic heterocycles. The highest BCUT2D eigenvalue weighted by Crippen LogP contribution is 2.28. The molecule has 2 aromatic rings. The van der Waals surface area contributed by atoms with E-state index in [0.717, 1.165) is 5.56 Å². The van der Waals surface area contributed by atoms with Gasteiger partial charge in [-0.25, -0.2) is 9.18 Å². The second-order valence-electron chi connectivity index (χ2n) is 4.25. The summed E-state index contributed by atoms with van der Waals surface area (Å²) < 4.78 is 23.4. The zero-order chi connectivity index (χ0) is 14.7. The van der Waals surface area contributed by atoms with Crippen LogP contribution in [0.1, 0.15) is 15.9 Å². The summed E-state index contributed by atoms with van der Waals surface area (Å²) in [6.45, 7) is 1.80. The highest BCUT2D eigenvalue weighted by molar-refractivity contribution is 5.95. The fourth-order valence-corrected chi connectivity index (χ4v) is 1.70. The van der Waals surface area contributed by atoms with Crippen LogP contribution >= 0.6 is 0 Å². The molecule has 0 atom stereocenters. The summed E-state index contributed by atoms with van der Waals surface area (Å²) >= 11 is 0. The third-order valence-corrected chi connectivity index (χ3v) is 2.81. The van der Waals surface area contributed by atoms with Crippen molar-refractivity contribution in [2.75, 3.05) is 12.8 Å². The molecule has 0 radical (unpaired) electrons. The summed E-state index contributed by atoms with van der Waals surface area (Å²) in [6.07, 6.45) is 0. The zero-order valence-corrected chi connectivity index (χ0v) is 11.1. The monoisotopic (exact) mass is 275 g/mol. The van der Waals surface area contributed by atoms with Crippen molar-refractivity contribution in [1.82, 2.24) is 0 Å². The molecule has 5 heteroatoms. The number of hydrogen-bond donors (Lipinski definition) is 1. The Morgan fingerprint density at radius 1 is 1.20 bits per heavy atom. The molecule has 0 aliphatic rings. The van der Waals surface area contributed by atoms with E-state index >= 15 is 0 Å². The molecule has 2 rings (SSSR count). The third-order valence-electron chi connectivity index (χ3n) is 2.81. The normalized spacial score (nSPS) is 10.2. The van der Waals surface area contributed by atoms with Gasteiger partial charge in [-0.1, -0.05) is 6.07 Å². The van der Waals surface area contributed by atoms with Gasteiger partial charge in [-0.05, 0) is 36.8 Å². The van der Waals surface area contributed by atoms with Crippen LogP contribution in [0.2, 0.25) is 0 Å². The van der Waals surface area contributed by atoms with Crippen LogP contribution in [0, 0.1) is 12.7 Å². The highest BCUT2D eigenvalue weighted by Gasteiger charge is 2.12. The van der Waals surface area contributed by atoms with Crippen molar-refractivity contribution in [2.24, 2.45) is 0 Å². The summed E-state index contributed by atoms with van der Waals surface area (Å²) in [5.41, 5.74) is 6.98. The van der Waals surface area contributed by atoms with E-state index in [0.29, 0.717) is 17.2 Å². The van der Waals surface area contributed by atoms with Crippen molar-refractivity contribution < 1.29 is 18.7 Å². The van der Waals surface area contributed by atoms with Gasteiger partial charge in [0.2, 0.25) is 0 Å². The van der Waals surface area contributed by atoms with Crippen molar-refractivity contribution in [3.05, 3.63) is 53.3 Å². The quantitative estimate of drug-likeness (QED) is 0.689. The Kier molecular flexibility index (Phi) is 3.89. The first-order valence-electron chi connectivity index (χ1n) is 5.93. The first kappa shape index (κ1) is 13.9. The number of nitrogens with two attached hydrogens (primary N) is 1. The van der Waals surface area contributed by atoms with Crippen molar-refractivity contribution in [2.45, 2.75) is 6.92 Å². The predicted octanol–water partition coefficient (Wildman–Crippen LogP) is 3.30. The van der Waals surface area contributed by atoms with Crippen molar-refractivity contribution in [3.8, 4) is 11.5 Å². The molecule has 2 aromatic carbocycles. The molecule has 0 spiro atoms. The summed E-state index contributed by atoms with van der Waals surface area (Å²) in [7, 11) is 1.27. The van der Waals surface area contributed by atoms with Crippen LogP contribution in [-0.4, -0.2) is 13.1 Å². The second kappa shape index (κ2) is 5.61. The molecule has 0 amide bonds. The Labute approximate surface area is 115 Å². The minimum Gasteiger partial charge on any atom is -0.465 e. The number of hydrogen-bond acceptors (Lipinski definition) is 4. The Morgan fingerprint density at radius 2 is 1.95 bits per heavy atom. The molecule has 0 bridgehead atoms. The summed E-state index contributed by atoms with van der Waals surface area (Å²) in [5, 5.41) is 0. The standard InChI is InChI=1S/C15H14FNO3/c1-9-3-4-10(16)7-14(9)20-11-5-6-13(17)12(8-11)15(18)19-2/h3-8H,17H2,1-2H3. The minimum atomic E-state index is -0.552. The van der Waals surface area contributed by atoms with Gasteiger partial charge >= 0.3 is 5.97 Å². The topological polar surface area (TPSA) is 61.5 Å². The zero-order valence-electron chi connectivity index (χ0n) is 11.1. The van der Waals surface area contributed by atoms with E-state index in [9.17, 15) is 9.18 Å². The number of nitrogen functional groups attached to an aromatic ring is 1. The SMILES string of the molecule is COC(=O)c1cc(Oc2cc(F)ccc2C)ccc1N. The van der Waals surface area contributed by atoms with Gasteiger partial charge in [0, 0.05) is 11.8 Å². The molecule has 0 saturated carbocycles. The largest absolute Gasteiger partial charge is 0.465 e. The lowest BCUT2D eigenvalue weighted by molar-refractivity contribution is 0.0601. The Hall–Kier alpha value is -2.56. The van der Waals surface area contributed by atoms with Crippen molar-refractivity contribution >= 4 is 11.7 Å². The van der Waals surface area contributed by atoms with Gasteiger partial charge in [0.05, 0.1) is 12.7 Å². The lowest BCUT2D eigenvalue weighted by Gasteiger charge is -2.11. The van der Waals surface area contributed by atoms with Gasteiger partial charge in [0.15, 0.2) is 0 Å². The lowest BCUT2D eigenvalue weighted by Crippen LogP contribution is -2.05. The summed E-state index contributed by atoms with van der Waals surface area (Å²) in [4.78, 5) is 11.5. The van der Waals surface area contributed by atoms with E-state index in [1.807, 2.05) is 0 Å². The van der Waals surface area contributed by atoms with Crippen molar-refractivity contribution in [3.63, 3.8) is 0 Å². The van der Waals surface area contributed by atoms with Gasteiger partial charge in [-0.2, -0.15) is 0 Å². The van der Waals surface area contributed by atoms with Gasteiger partial charge in [-0.3, -0.25) is 0 Å². The number of rotatable bonds is 3. The van der Waals surface area contributed by atoms with E-state index in [4.69, 9.17) is 10.5 Å². The maximum Gasteiger partial charge on any atom is 0.340 e. The van der Waals surface area contributed by atoms with Crippen LogP contribution < -0.4 is 10.5 Å². The van der Waals surface area contributed by atoms with Crippen LogP contribution in [0.15, 0.2) is 36.4 Å². The highest BCUT2D eigenvalue weighted by atomic mass is 19.1. The third kappa shape index (κ3) is 2.88. The Morgan fingerprint density at radius 3 is 2.65 bits per heavy atom. The molecule has 0 fully saturated rings. The first-order chi connectivity index (χ1) is 9.51. The molecular formula is C15H14FNO3. The van der Waals surface area contributed by atoms with Gasteiger partial charge < -0.3 is 15.2 Å². The van der Waals surface area contributed by atoms with Gasteiger partial charge in [-0.15, -0.1) is 0 Å². The average Bonchev–Trinajstić information content (AvgIpc) is 2.44. The molecule has 4 nitrogen and oxygen atoms in total. The molecule has 2 N–H and O–H groups in total. The molecule has 20 heavy (non-hydrogen) atoms. The van der Waals surface area contributed by atoms with Crippen LogP contribution in [0.4, 0.5) is 10.1 Å². The van der Waals surface area contributed by atoms with Crippen LogP contribution in [-0.2, 0) is 4.74 Å². The minimum absolute atomic E-state index is 0.207. The average molecular weight is 275 g/mol. The summed E-state index contributed by atoms with van der Waals surface area (Å²) in [6, 6.07) is 8.85. The molecule has 0 unspecified atom stereocenters. The summed E-state index contributed by atoms with van der Waals surface area (Å²) in [5.74, 6) is -0.183. The number of aryl methyl sites for hydroxylation is 1. The fraction of sp³-hybridized carbons (Fsp3) is 0.133. The van der Waals surface area contributed by atoms with Gasteiger partial charge in [0.25, 0.3) is 0 Å². The van der Waals surface area contributed by atoms with E-state index in [1.54, 1.807) is 19.1 Å². The molecule has 0 aromatic heterocycles. The molecular weight excluding hydrogens is 261 g/mol. The van der Waals surface area contributed by atoms with E-state index in [2.05, 4.69) is 4.74 Å². The van der Waals surface area contributed by atoms with Crippen LogP contribution in [0.3, 0.4) is 0 Å². The van der Waals surface area contributed by atoms with E-state index < -0.39 is 11.8 Å². The van der Waals surface area contributed by atoms with E-state index in [-0.39, 0.29) is 5.56 Å². The predicted molar refractivity (Wildman–Crippen MR) is 73.4 cm³/mol. The number of anilines is 1. The Bertz CT molecular complexity index is 656. The van der Waals surface area contributed by atoms with Gasteiger partial charge in [0.1, 0.15) is 17.3 Å². The lowest BCUT2D eigenvalue weighted by atomic mass is 10.1. The first-order valence-corrected chi connectivity index (χ1v) is 5.93. The smallest absolute Gasteiger partial charge is 0.340 e. The Balaban J connectivity index is 2.34. The maximum atomic E-state index is 13.2. The molecule has 0 aliphatic carbocycles. The fourth-order valence-electron chi connectivity index (χ4n) is 1.70. The maximum absolute atomic E-state index is 13.2.